The lowest BCUT2D eigenvalue weighted by atomic mass is 10.2. The first-order chi connectivity index (χ1) is 9.29. The number of ether oxygens (including phenoxy) is 1. The molecule has 100 valence electrons. The molecule has 19 heavy (non-hydrogen) atoms. The fourth-order valence-corrected chi connectivity index (χ4v) is 2.05. The van der Waals surface area contributed by atoms with Crippen LogP contribution in [-0.4, -0.2) is 11.5 Å². The second kappa shape index (κ2) is 7.26. The van der Waals surface area contributed by atoms with E-state index in [1.165, 1.54) is 0 Å². The number of hydrogen-bond acceptors (Lipinski definition) is 3. The maximum absolute atomic E-state index is 5.82. The second-order valence-corrected chi connectivity index (χ2v) is 5.09. The third-order valence-corrected chi connectivity index (χ3v) is 3.25. The second-order valence-electron chi connectivity index (χ2n) is 4.24. The van der Waals surface area contributed by atoms with Crippen molar-refractivity contribution in [2.24, 2.45) is 0 Å². The van der Waals surface area contributed by atoms with Gasteiger partial charge in [-0.2, -0.15) is 0 Å². The molecule has 1 heterocycles. The van der Waals surface area contributed by atoms with Crippen LogP contribution in [0.3, 0.4) is 0 Å². The Morgan fingerprint density at radius 1 is 1.26 bits per heavy atom. The van der Waals surface area contributed by atoms with Crippen molar-refractivity contribution >= 4 is 15.9 Å². The van der Waals surface area contributed by atoms with E-state index in [4.69, 9.17) is 4.74 Å². The van der Waals surface area contributed by atoms with E-state index in [2.05, 4.69) is 33.2 Å². The van der Waals surface area contributed by atoms with Crippen molar-refractivity contribution in [2.45, 2.75) is 19.9 Å². The van der Waals surface area contributed by atoms with E-state index in [1.54, 1.807) is 6.20 Å². The molecule has 2 rings (SSSR count). The molecular weight excluding hydrogens is 304 g/mol. The highest BCUT2D eigenvalue weighted by atomic mass is 79.9. The Kier molecular flexibility index (Phi) is 5.36. The number of hydrogen-bond donors (Lipinski definition) is 1. The monoisotopic (exact) mass is 320 g/mol. The lowest BCUT2D eigenvalue weighted by molar-refractivity contribution is 0.476. The summed E-state index contributed by atoms with van der Waals surface area (Å²) in [5, 5.41) is 3.35. The van der Waals surface area contributed by atoms with Gasteiger partial charge in [0.1, 0.15) is 11.5 Å². The number of nitrogens with one attached hydrogen (secondary N) is 1. The number of nitrogens with zero attached hydrogens (tertiary/aromatic N) is 1. The first kappa shape index (κ1) is 14.0. The van der Waals surface area contributed by atoms with Gasteiger partial charge in [-0.05, 0) is 52.7 Å². The summed E-state index contributed by atoms with van der Waals surface area (Å²) in [5.74, 6) is 1.55. The first-order valence-corrected chi connectivity index (χ1v) is 7.16. The van der Waals surface area contributed by atoms with Gasteiger partial charge < -0.3 is 10.1 Å². The standard InChI is InChI=1S/C15H17BrN2O/c1-2-7-17-9-12-8-13(11-18-10-12)19-15-6-4-3-5-14(15)16/h3-6,8,10-11,17H,2,7,9H2,1H3. The molecule has 1 N–H and O–H groups in total. The number of aromatic nitrogens is 1. The van der Waals surface area contributed by atoms with Gasteiger partial charge >= 0.3 is 0 Å². The van der Waals surface area contributed by atoms with Crippen molar-refractivity contribution < 1.29 is 4.74 Å². The topological polar surface area (TPSA) is 34.2 Å². The number of rotatable bonds is 6. The minimum Gasteiger partial charge on any atom is -0.455 e. The minimum atomic E-state index is 0.752. The highest BCUT2D eigenvalue weighted by molar-refractivity contribution is 9.10. The zero-order valence-corrected chi connectivity index (χ0v) is 12.5. The Balaban J connectivity index is 2.05. The highest BCUT2D eigenvalue weighted by Gasteiger charge is 2.03. The van der Waals surface area contributed by atoms with Crippen molar-refractivity contribution in [1.29, 1.82) is 0 Å². The van der Waals surface area contributed by atoms with Gasteiger partial charge in [0.25, 0.3) is 0 Å². The van der Waals surface area contributed by atoms with Crippen LogP contribution in [0.1, 0.15) is 18.9 Å². The Labute approximate surface area is 122 Å². The SMILES string of the molecule is CCCNCc1cncc(Oc2ccccc2Br)c1. The fraction of sp³-hybridized carbons (Fsp3) is 0.267. The van der Waals surface area contributed by atoms with E-state index in [0.29, 0.717) is 0 Å². The van der Waals surface area contributed by atoms with E-state index >= 15 is 0 Å². The third-order valence-electron chi connectivity index (χ3n) is 2.59. The van der Waals surface area contributed by atoms with Crippen LogP contribution in [0, 0.1) is 0 Å². The van der Waals surface area contributed by atoms with Gasteiger partial charge in [0, 0.05) is 12.7 Å². The molecule has 2 aromatic rings. The van der Waals surface area contributed by atoms with Crippen LogP contribution in [0.25, 0.3) is 0 Å². The van der Waals surface area contributed by atoms with Gasteiger partial charge in [-0.1, -0.05) is 19.1 Å². The Bertz CT molecular complexity index is 531. The molecule has 0 saturated heterocycles. The maximum Gasteiger partial charge on any atom is 0.146 e. The van der Waals surface area contributed by atoms with Crippen LogP contribution in [0.15, 0.2) is 47.2 Å². The quantitative estimate of drug-likeness (QED) is 0.812. The number of benzene rings is 1. The van der Waals surface area contributed by atoms with Crippen LogP contribution in [0.4, 0.5) is 0 Å². The van der Waals surface area contributed by atoms with Gasteiger partial charge in [-0.15, -0.1) is 0 Å². The molecule has 1 aromatic heterocycles. The van der Waals surface area contributed by atoms with Crippen LogP contribution in [0.2, 0.25) is 0 Å². The summed E-state index contributed by atoms with van der Waals surface area (Å²) in [6.45, 7) is 3.97. The highest BCUT2D eigenvalue weighted by Crippen LogP contribution is 2.28. The first-order valence-electron chi connectivity index (χ1n) is 6.36. The third kappa shape index (κ3) is 4.33. The van der Waals surface area contributed by atoms with E-state index < -0.39 is 0 Å². The summed E-state index contributed by atoms with van der Waals surface area (Å²) in [6, 6.07) is 9.79. The van der Waals surface area contributed by atoms with E-state index in [0.717, 1.165) is 41.0 Å². The smallest absolute Gasteiger partial charge is 0.146 e. The summed E-state index contributed by atoms with van der Waals surface area (Å²) >= 11 is 3.47. The average Bonchev–Trinajstić information content (AvgIpc) is 2.42. The predicted molar refractivity (Wildman–Crippen MR) is 80.5 cm³/mol. The summed E-state index contributed by atoms with van der Waals surface area (Å²) in [5.41, 5.74) is 1.12. The molecule has 0 fully saturated rings. The summed E-state index contributed by atoms with van der Waals surface area (Å²) in [7, 11) is 0. The Morgan fingerprint density at radius 3 is 2.89 bits per heavy atom. The van der Waals surface area contributed by atoms with Gasteiger partial charge in [0.2, 0.25) is 0 Å². The molecule has 0 aliphatic carbocycles. The van der Waals surface area contributed by atoms with Crippen molar-refractivity contribution in [3.63, 3.8) is 0 Å². The van der Waals surface area contributed by atoms with Crippen molar-refractivity contribution in [2.75, 3.05) is 6.54 Å². The van der Waals surface area contributed by atoms with Crippen LogP contribution in [-0.2, 0) is 6.54 Å². The molecule has 0 radical (unpaired) electrons. The molecule has 0 unspecified atom stereocenters. The van der Waals surface area contributed by atoms with Crippen LogP contribution >= 0.6 is 15.9 Å². The van der Waals surface area contributed by atoms with Gasteiger partial charge in [0.15, 0.2) is 0 Å². The predicted octanol–water partition coefficient (Wildman–Crippen LogP) is 4.14. The fourth-order valence-electron chi connectivity index (χ4n) is 1.68. The molecule has 4 heteroatoms. The zero-order valence-electron chi connectivity index (χ0n) is 10.9. The van der Waals surface area contributed by atoms with Gasteiger partial charge in [-0.25, -0.2) is 0 Å². The molecule has 0 amide bonds. The summed E-state index contributed by atoms with van der Waals surface area (Å²) in [6.07, 6.45) is 4.71. The van der Waals surface area contributed by atoms with Crippen molar-refractivity contribution in [1.82, 2.24) is 10.3 Å². The molecule has 0 atom stereocenters. The average molecular weight is 321 g/mol. The molecule has 0 aliphatic heterocycles. The Hall–Kier alpha value is -1.39. The molecular formula is C15H17BrN2O. The molecule has 3 nitrogen and oxygen atoms in total. The number of para-hydroxylation sites is 1. The zero-order chi connectivity index (χ0) is 13.5. The number of pyridine rings is 1. The van der Waals surface area contributed by atoms with Crippen molar-refractivity contribution in [3.8, 4) is 11.5 Å². The van der Waals surface area contributed by atoms with Crippen LogP contribution < -0.4 is 10.1 Å². The Morgan fingerprint density at radius 2 is 2.11 bits per heavy atom. The van der Waals surface area contributed by atoms with E-state index in [1.807, 2.05) is 36.5 Å². The van der Waals surface area contributed by atoms with Gasteiger partial charge in [0.05, 0.1) is 10.7 Å². The summed E-state index contributed by atoms with van der Waals surface area (Å²) < 4.78 is 6.75. The van der Waals surface area contributed by atoms with Crippen molar-refractivity contribution in [3.05, 3.63) is 52.8 Å². The van der Waals surface area contributed by atoms with Crippen LogP contribution in [0.5, 0.6) is 11.5 Å². The number of halogens is 1. The largest absolute Gasteiger partial charge is 0.455 e. The molecule has 0 spiro atoms. The van der Waals surface area contributed by atoms with E-state index in [9.17, 15) is 0 Å². The minimum absolute atomic E-state index is 0.752. The lowest BCUT2D eigenvalue weighted by Gasteiger charge is -2.09. The normalized spacial score (nSPS) is 10.4. The molecule has 1 aromatic carbocycles. The molecule has 0 aliphatic rings. The molecule has 0 bridgehead atoms. The van der Waals surface area contributed by atoms with Gasteiger partial charge in [-0.3, -0.25) is 4.98 Å². The maximum atomic E-state index is 5.82. The lowest BCUT2D eigenvalue weighted by Crippen LogP contribution is -2.13. The van der Waals surface area contributed by atoms with E-state index in [-0.39, 0.29) is 0 Å². The molecule has 0 saturated carbocycles. The summed E-state index contributed by atoms with van der Waals surface area (Å²) in [4.78, 5) is 4.21.